The number of hydrogen-bond donors (Lipinski definition) is 2. The van der Waals surface area contributed by atoms with Gasteiger partial charge in [0.05, 0.1) is 5.92 Å². The van der Waals surface area contributed by atoms with Crippen LogP contribution in [-0.2, 0) is 11.2 Å². The fourth-order valence-electron chi connectivity index (χ4n) is 1.94. The molecule has 0 saturated carbocycles. The Hall–Kier alpha value is -1.21. The Kier molecular flexibility index (Phi) is 7.75. The summed E-state index contributed by atoms with van der Waals surface area (Å²) >= 11 is 1.31. The second-order valence-electron chi connectivity index (χ2n) is 5.06. The van der Waals surface area contributed by atoms with Crippen molar-refractivity contribution in [3.63, 3.8) is 0 Å². The Morgan fingerprint density at radius 3 is 2.32 bits per heavy atom. The van der Waals surface area contributed by atoms with Gasteiger partial charge < -0.3 is 10.8 Å². The van der Waals surface area contributed by atoms with Crippen molar-refractivity contribution in [1.29, 1.82) is 0 Å². The lowest BCUT2D eigenvalue weighted by molar-refractivity contribution is -0.174. The number of carboxylic acid groups (broad SMARTS) is 1. The van der Waals surface area contributed by atoms with Crippen LogP contribution in [-0.4, -0.2) is 34.8 Å². The van der Waals surface area contributed by atoms with Gasteiger partial charge in [0.2, 0.25) is 0 Å². The van der Waals surface area contributed by atoms with E-state index in [1.54, 1.807) is 30.3 Å². The van der Waals surface area contributed by atoms with Crippen molar-refractivity contribution in [3.8, 4) is 0 Å². The first-order valence-corrected chi connectivity index (χ1v) is 8.13. The quantitative estimate of drug-likeness (QED) is 0.680. The molecule has 2 unspecified atom stereocenters. The molecule has 0 heterocycles. The third kappa shape index (κ3) is 7.17. The molecule has 7 heteroatoms. The van der Waals surface area contributed by atoms with Crippen molar-refractivity contribution in [3.05, 3.63) is 35.9 Å². The summed E-state index contributed by atoms with van der Waals surface area (Å²) in [6.07, 6.45) is -3.98. The van der Waals surface area contributed by atoms with Crippen LogP contribution in [0.1, 0.15) is 18.4 Å². The average molecular weight is 335 g/mol. The summed E-state index contributed by atoms with van der Waals surface area (Å²) in [7, 11) is 0. The van der Waals surface area contributed by atoms with E-state index in [1.807, 2.05) is 0 Å². The van der Waals surface area contributed by atoms with Gasteiger partial charge in [-0.3, -0.25) is 4.79 Å². The van der Waals surface area contributed by atoms with Gasteiger partial charge in [-0.05, 0) is 36.3 Å². The molecule has 0 fully saturated rings. The summed E-state index contributed by atoms with van der Waals surface area (Å²) in [4.78, 5) is 10.5. The minimum absolute atomic E-state index is 0.0192. The first-order valence-electron chi connectivity index (χ1n) is 6.97. The van der Waals surface area contributed by atoms with Crippen LogP contribution in [0.5, 0.6) is 0 Å². The van der Waals surface area contributed by atoms with E-state index in [2.05, 4.69) is 0 Å². The molecule has 1 aromatic carbocycles. The second-order valence-corrected chi connectivity index (χ2v) is 6.29. The standard InChI is InChI=1S/C15H20F3NO2S/c16-15(17,18)12(10-11-4-2-1-3-5-11)6-8-22-9-7-13(19)14(20)21/h1-5,12-13H,6-10,19H2,(H,20,21). The van der Waals surface area contributed by atoms with Crippen molar-refractivity contribution in [1.82, 2.24) is 0 Å². The molecule has 0 aliphatic heterocycles. The van der Waals surface area contributed by atoms with Gasteiger partial charge in [-0.2, -0.15) is 24.9 Å². The predicted molar refractivity (Wildman–Crippen MR) is 81.9 cm³/mol. The molecular weight excluding hydrogens is 315 g/mol. The van der Waals surface area contributed by atoms with Crippen LogP contribution in [0.15, 0.2) is 30.3 Å². The SMILES string of the molecule is NC(CCSCCC(Cc1ccccc1)C(F)(F)F)C(=O)O. The van der Waals surface area contributed by atoms with E-state index >= 15 is 0 Å². The van der Waals surface area contributed by atoms with Crippen LogP contribution in [0.4, 0.5) is 13.2 Å². The minimum Gasteiger partial charge on any atom is -0.480 e. The van der Waals surface area contributed by atoms with Crippen molar-refractivity contribution in [2.24, 2.45) is 11.7 Å². The number of benzene rings is 1. The molecule has 1 aromatic rings. The maximum atomic E-state index is 13.0. The van der Waals surface area contributed by atoms with E-state index in [1.165, 1.54) is 11.8 Å². The number of carbonyl (C=O) groups is 1. The van der Waals surface area contributed by atoms with Crippen molar-refractivity contribution < 1.29 is 23.1 Å². The van der Waals surface area contributed by atoms with Gasteiger partial charge in [0, 0.05) is 0 Å². The monoisotopic (exact) mass is 335 g/mol. The van der Waals surface area contributed by atoms with E-state index in [9.17, 15) is 18.0 Å². The number of alkyl halides is 3. The Labute approximate surface area is 132 Å². The van der Waals surface area contributed by atoms with E-state index < -0.39 is 24.1 Å². The number of nitrogens with two attached hydrogens (primary N) is 1. The fraction of sp³-hybridized carbons (Fsp3) is 0.533. The third-order valence-electron chi connectivity index (χ3n) is 3.29. The molecule has 124 valence electrons. The molecule has 0 aliphatic rings. The van der Waals surface area contributed by atoms with E-state index in [-0.39, 0.29) is 19.3 Å². The van der Waals surface area contributed by atoms with Crippen LogP contribution < -0.4 is 5.73 Å². The van der Waals surface area contributed by atoms with Gasteiger partial charge in [-0.15, -0.1) is 0 Å². The highest BCUT2D eigenvalue weighted by Gasteiger charge is 2.38. The highest BCUT2D eigenvalue weighted by atomic mass is 32.2. The molecule has 22 heavy (non-hydrogen) atoms. The Balaban J connectivity index is 2.38. The smallest absolute Gasteiger partial charge is 0.392 e. The maximum absolute atomic E-state index is 13.0. The third-order valence-corrected chi connectivity index (χ3v) is 4.34. The highest BCUT2D eigenvalue weighted by molar-refractivity contribution is 7.99. The van der Waals surface area contributed by atoms with E-state index in [0.29, 0.717) is 17.1 Å². The van der Waals surface area contributed by atoms with E-state index in [4.69, 9.17) is 10.8 Å². The van der Waals surface area contributed by atoms with Gasteiger partial charge in [0.25, 0.3) is 0 Å². The molecule has 3 N–H and O–H groups in total. The van der Waals surface area contributed by atoms with Gasteiger partial charge >= 0.3 is 12.1 Å². The average Bonchev–Trinajstić information content (AvgIpc) is 2.45. The highest BCUT2D eigenvalue weighted by Crippen LogP contribution is 2.32. The van der Waals surface area contributed by atoms with E-state index in [0.717, 1.165) is 0 Å². The summed E-state index contributed by atoms with van der Waals surface area (Å²) in [5, 5.41) is 8.61. The van der Waals surface area contributed by atoms with Crippen LogP contribution in [0, 0.1) is 5.92 Å². The summed E-state index contributed by atoms with van der Waals surface area (Å²) in [5.41, 5.74) is 6.01. The topological polar surface area (TPSA) is 63.3 Å². The molecule has 0 aliphatic carbocycles. The molecule has 3 nitrogen and oxygen atoms in total. The van der Waals surface area contributed by atoms with Gasteiger partial charge in [-0.25, -0.2) is 0 Å². The molecule has 0 spiro atoms. The molecule has 2 atom stereocenters. The minimum atomic E-state index is -4.23. The van der Waals surface area contributed by atoms with Crippen LogP contribution in [0.3, 0.4) is 0 Å². The number of carboxylic acids is 1. The molecule has 0 amide bonds. The number of hydrogen-bond acceptors (Lipinski definition) is 3. The zero-order chi connectivity index (χ0) is 16.6. The number of halogens is 3. The summed E-state index contributed by atoms with van der Waals surface area (Å²) < 4.78 is 39.1. The van der Waals surface area contributed by atoms with Crippen molar-refractivity contribution in [2.45, 2.75) is 31.5 Å². The Bertz CT molecular complexity index is 454. The van der Waals surface area contributed by atoms with Gasteiger partial charge in [0.1, 0.15) is 6.04 Å². The second kappa shape index (κ2) is 9.05. The Morgan fingerprint density at radius 1 is 1.18 bits per heavy atom. The van der Waals surface area contributed by atoms with Crippen molar-refractivity contribution in [2.75, 3.05) is 11.5 Å². The zero-order valence-corrected chi connectivity index (χ0v) is 12.9. The predicted octanol–water partition coefficient (Wildman–Crippen LogP) is 3.33. The lowest BCUT2D eigenvalue weighted by atomic mass is 9.96. The normalized spacial score (nSPS) is 14.5. The summed E-state index contributed by atoms with van der Waals surface area (Å²) in [6, 6.07) is 7.66. The molecule has 0 saturated heterocycles. The zero-order valence-electron chi connectivity index (χ0n) is 12.1. The lowest BCUT2D eigenvalue weighted by Crippen LogP contribution is -2.30. The van der Waals surface area contributed by atoms with Crippen LogP contribution >= 0.6 is 11.8 Å². The van der Waals surface area contributed by atoms with Crippen LogP contribution in [0.2, 0.25) is 0 Å². The first-order chi connectivity index (χ1) is 10.3. The maximum Gasteiger partial charge on any atom is 0.392 e. The molecule has 1 rings (SSSR count). The molecule has 0 aromatic heterocycles. The van der Waals surface area contributed by atoms with Crippen molar-refractivity contribution >= 4 is 17.7 Å². The molecule has 0 radical (unpaired) electrons. The largest absolute Gasteiger partial charge is 0.480 e. The molecule has 0 bridgehead atoms. The number of aliphatic carboxylic acids is 1. The lowest BCUT2D eigenvalue weighted by Gasteiger charge is -2.20. The van der Waals surface area contributed by atoms with Gasteiger partial charge in [0.15, 0.2) is 0 Å². The fourth-order valence-corrected chi connectivity index (χ4v) is 3.02. The van der Waals surface area contributed by atoms with Gasteiger partial charge in [-0.1, -0.05) is 30.3 Å². The van der Waals surface area contributed by atoms with Crippen LogP contribution in [0.25, 0.3) is 0 Å². The Morgan fingerprint density at radius 2 is 1.77 bits per heavy atom. The summed E-state index contributed by atoms with van der Waals surface area (Å²) in [6.45, 7) is 0. The number of rotatable bonds is 9. The number of thioether (sulfide) groups is 1. The first kappa shape index (κ1) is 18.8. The molecular formula is C15H20F3NO2S. The summed E-state index contributed by atoms with van der Waals surface area (Å²) in [5.74, 6) is -1.68.